The van der Waals surface area contributed by atoms with Crippen molar-refractivity contribution in [2.75, 3.05) is 26.2 Å². The summed E-state index contributed by atoms with van der Waals surface area (Å²) in [5.41, 5.74) is 1.06. The van der Waals surface area contributed by atoms with Crippen LogP contribution in [0.4, 0.5) is 0 Å². The van der Waals surface area contributed by atoms with Crippen LogP contribution in [-0.4, -0.2) is 49.7 Å². The highest BCUT2D eigenvalue weighted by molar-refractivity contribution is 7.89. The average Bonchev–Trinajstić information content (AvgIpc) is 3.23. The summed E-state index contributed by atoms with van der Waals surface area (Å²) in [5.74, 6) is 0.293. The number of hydrogen-bond acceptors (Lipinski definition) is 4. The van der Waals surface area contributed by atoms with Gasteiger partial charge in [0.05, 0.1) is 9.77 Å². The van der Waals surface area contributed by atoms with Crippen LogP contribution >= 0.6 is 11.3 Å². The van der Waals surface area contributed by atoms with E-state index in [4.69, 9.17) is 0 Å². The van der Waals surface area contributed by atoms with Gasteiger partial charge < -0.3 is 4.90 Å². The number of amides is 1. The van der Waals surface area contributed by atoms with Crippen LogP contribution in [0.25, 0.3) is 10.8 Å². The van der Waals surface area contributed by atoms with Crippen molar-refractivity contribution >= 4 is 38.0 Å². The fraction of sp³-hybridized carbons (Fsp3) is 0.318. The molecule has 1 amide bonds. The minimum atomic E-state index is -3.58. The lowest BCUT2D eigenvalue weighted by atomic mass is 10.0. The highest BCUT2D eigenvalue weighted by atomic mass is 32.2. The smallest absolute Gasteiger partial charge is 0.264 e. The molecule has 0 atom stereocenters. The number of rotatable bonds is 4. The Bertz CT molecular complexity index is 1140. The lowest BCUT2D eigenvalue weighted by Gasteiger charge is -2.34. The van der Waals surface area contributed by atoms with Crippen molar-refractivity contribution in [1.82, 2.24) is 9.21 Å². The normalized spacial score (nSPS) is 15.9. The molecule has 4 rings (SSSR count). The SMILES string of the molecule is CC(C)c1ccsc1C(=O)N1CCN(S(=O)(=O)c2ccc3ccccc3c2)CC1. The number of hydrogen-bond donors (Lipinski definition) is 0. The summed E-state index contributed by atoms with van der Waals surface area (Å²) in [6.07, 6.45) is 0. The van der Waals surface area contributed by atoms with E-state index >= 15 is 0 Å². The maximum atomic E-state index is 13.1. The summed E-state index contributed by atoms with van der Waals surface area (Å²) in [5, 5.41) is 3.86. The predicted molar refractivity (Wildman–Crippen MR) is 117 cm³/mol. The number of benzene rings is 2. The van der Waals surface area contributed by atoms with Crippen LogP contribution in [0.3, 0.4) is 0 Å². The summed E-state index contributed by atoms with van der Waals surface area (Å²) >= 11 is 1.46. The van der Waals surface area contributed by atoms with E-state index in [1.807, 2.05) is 41.8 Å². The fourth-order valence-corrected chi connectivity index (χ4v) is 6.18. The van der Waals surface area contributed by atoms with E-state index in [0.717, 1.165) is 21.2 Å². The third kappa shape index (κ3) is 3.82. The first-order valence-electron chi connectivity index (χ1n) is 9.73. The molecule has 3 aromatic rings. The zero-order valence-electron chi connectivity index (χ0n) is 16.5. The number of sulfonamides is 1. The van der Waals surface area contributed by atoms with Gasteiger partial charge in [0.2, 0.25) is 10.0 Å². The number of nitrogens with zero attached hydrogens (tertiary/aromatic N) is 2. The molecule has 7 heteroatoms. The summed E-state index contributed by atoms with van der Waals surface area (Å²) in [6, 6.07) is 14.9. The van der Waals surface area contributed by atoms with Crippen molar-refractivity contribution in [3.63, 3.8) is 0 Å². The lowest BCUT2D eigenvalue weighted by molar-refractivity contribution is 0.0701. The van der Waals surface area contributed by atoms with E-state index in [0.29, 0.717) is 31.1 Å². The average molecular weight is 429 g/mol. The Kier molecular flexibility index (Phi) is 5.46. The number of fused-ring (bicyclic) bond motifs is 1. The molecule has 29 heavy (non-hydrogen) atoms. The van der Waals surface area contributed by atoms with Gasteiger partial charge in [0.1, 0.15) is 0 Å². The Labute approximate surface area is 175 Å². The molecule has 0 radical (unpaired) electrons. The van der Waals surface area contributed by atoms with Gasteiger partial charge in [-0.15, -0.1) is 11.3 Å². The molecule has 0 N–H and O–H groups in total. The van der Waals surface area contributed by atoms with Gasteiger partial charge in [-0.25, -0.2) is 8.42 Å². The minimum absolute atomic E-state index is 0.00598. The first-order valence-corrected chi connectivity index (χ1v) is 12.1. The highest BCUT2D eigenvalue weighted by Crippen LogP contribution is 2.27. The molecule has 0 aliphatic carbocycles. The lowest BCUT2D eigenvalue weighted by Crippen LogP contribution is -2.50. The van der Waals surface area contributed by atoms with Crippen molar-refractivity contribution in [1.29, 1.82) is 0 Å². The van der Waals surface area contributed by atoms with Gasteiger partial charge in [0.25, 0.3) is 5.91 Å². The molecule has 2 aromatic carbocycles. The molecule has 2 heterocycles. The molecule has 1 fully saturated rings. The van der Waals surface area contributed by atoms with Gasteiger partial charge in [-0.05, 0) is 45.8 Å². The third-order valence-electron chi connectivity index (χ3n) is 5.40. The van der Waals surface area contributed by atoms with Gasteiger partial charge in [0.15, 0.2) is 0 Å². The second-order valence-corrected chi connectivity index (χ2v) is 10.4. The number of piperazine rings is 1. The molecule has 5 nitrogen and oxygen atoms in total. The first kappa shape index (κ1) is 20.1. The second kappa shape index (κ2) is 7.89. The molecule has 0 saturated carbocycles. The molecule has 1 aromatic heterocycles. The molecule has 1 aliphatic heterocycles. The van der Waals surface area contributed by atoms with Crippen LogP contribution in [-0.2, 0) is 10.0 Å². The molecule has 152 valence electrons. The van der Waals surface area contributed by atoms with Crippen molar-refractivity contribution in [3.8, 4) is 0 Å². The van der Waals surface area contributed by atoms with Crippen LogP contribution in [0.2, 0.25) is 0 Å². The second-order valence-electron chi connectivity index (χ2n) is 7.57. The summed E-state index contributed by atoms with van der Waals surface area (Å²) in [4.78, 5) is 15.8. The Balaban J connectivity index is 1.49. The Morgan fingerprint density at radius 1 is 0.966 bits per heavy atom. The molecule has 0 unspecified atom stereocenters. The first-order chi connectivity index (χ1) is 13.9. The van der Waals surface area contributed by atoms with Gasteiger partial charge in [-0.3, -0.25) is 4.79 Å². The Morgan fingerprint density at radius 3 is 2.34 bits per heavy atom. The predicted octanol–water partition coefficient (Wildman–Crippen LogP) is 4.17. The third-order valence-corrected chi connectivity index (χ3v) is 8.21. The standard InChI is InChI=1S/C22H24N2O3S2/c1-16(2)20-9-14-28-21(20)22(25)23-10-12-24(13-11-23)29(26,27)19-8-7-17-5-3-4-6-18(17)15-19/h3-9,14-16H,10-13H2,1-2H3. The molecular formula is C22H24N2O3S2. The van der Waals surface area contributed by atoms with E-state index in [9.17, 15) is 13.2 Å². The monoisotopic (exact) mass is 428 g/mol. The van der Waals surface area contributed by atoms with E-state index in [1.54, 1.807) is 17.0 Å². The van der Waals surface area contributed by atoms with Crippen LogP contribution in [0.15, 0.2) is 58.8 Å². The van der Waals surface area contributed by atoms with E-state index < -0.39 is 10.0 Å². The zero-order valence-corrected chi connectivity index (χ0v) is 18.2. The van der Waals surface area contributed by atoms with Gasteiger partial charge in [-0.2, -0.15) is 4.31 Å². The van der Waals surface area contributed by atoms with E-state index in [1.165, 1.54) is 15.6 Å². The maximum absolute atomic E-state index is 13.1. The van der Waals surface area contributed by atoms with Gasteiger partial charge in [0, 0.05) is 26.2 Å². The van der Waals surface area contributed by atoms with Crippen molar-refractivity contribution in [2.24, 2.45) is 0 Å². The topological polar surface area (TPSA) is 57.7 Å². The largest absolute Gasteiger partial charge is 0.335 e. The van der Waals surface area contributed by atoms with Crippen molar-refractivity contribution in [3.05, 3.63) is 64.4 Å². The fourth-order valence-electron chi connectivity index (χ4n) is 3.70. The number of carbonyl (C=O) groups is 1. The quantitative estimate of drug-likeness (QED) is 0.627. The molecule has 1 saturated heterocycles. The summed E-state index contributed by atoms with van der Waals surface area (Å²) < 4.78 is 27.7. The van der Waals surface area contributed by atoms with Gasteiger partial charge >= 0.3 is 0 Å². The van der Waals surface area contributed by atoms with Crippen LogP contribution in [0, 0.1) is 0 Å². The van der Waals surface area contributed by atoms with E-state index in [-0.39, 0.29) is 11.8 Å². The van der Waals surface area contributed by atoms with Crippen molar-refractivity contribution < 1.29 is 13.2 Å². The van der Waals surface area contributed by atoms with Crippen LogP contribution in [0.1, 0.15) is 35.0 Å². The summed E-state index contributed by atoms with van der Waals surface area (Å²) in [6.45, 7) is 5.58. The molecule has 1 aliphatic rings. The number of thiophene rings is 1. The Morgan fingerprint density at radius 2 is 1.66 bits per heavy atom. The van der Waals surface area contributed by atoms with Crippen LogP contribution < -0.4 is 0 Å². The molecule has 0 spiro atoms. The van der Waals surface area contributed by atoms with Crippen LogP contribution in [0.5, 0.6) is 0 Å². The molecular weight excluding hydrogens is 404 g/mol. The molecule has 0 bridgehead atoms. The maximum Gasteiger partial charge on any atom is 0.264 e. The summed E-state index contributed by atoms with van der Waals surface area (Å²) in [7, 11) is -3.58. The Hall–Kier alpha value is -2.22. The van der Waals surface area contributed by atoms with Gasteiger partial charge in [-0.1, -0.05) is 44.2 Å². The highest BCUT2D eigenvalue weighted by Gasteiger charge is 2.31. The minimum Gasteiger partial charge on any atom is -0.335 e. The zero-order chi connectivity index (χ0) is 20.6. The number of carbonyl (C=O) groups excluding carboxylic acids is 1. The van der Waals surface area contributed by atoms with Crippen molar-refractivity contribution in [2.45, 2.75) is 24.7 Å². The van der Waals surface area contributed by atoms with E-state index in [2.05, 4.69) is 13.8 Å².